The van der Waals surface area contributed by atoms with E-state index < -0.39 is 17.7 Å². The predicted molar refractivity (Wildman–Crippen MR) is 124 cm³/mol. The molecule has 0 aliphatic heterocycles. The molecule has 0 saturated heterocycles. The molecule has 3 aromatic rings. The van der Waals surface area contributed by atoms with Crippen molar-refractivity contribution in [3.8, 4) is 5.82 Å². The smallest absolute Gasteiger partial charge is 0.333 e. The van der Waals surface area contributed by atoms with Crippen molar-refractivity contribution in [2.45, 2.75) is 6.92 Å². The molecule has 1 amide bonds. The number of nitrogens with zero attached hydrogens (tertiary/aromatic N) is 3. The Morgan fingerprint density at radius 2 is 2.00 bits per heavy atom. The summed E-state index contributed by atoms with van der Waals surface area (Å²) in [7, 11) is 0. The zero-order valence-electron chi connectivity index (χ0n) is 16.2. The number of ether oxygens (including phenoxy) is 1. The highest BCUT2D eigenvalue weighted by molar-refractivity contribution is 9.10. The van der Waals surface area contributed by atoms with E-state index in [0.29, 0.717) is 10.7 Å². The second-order valence-electron chi connectivity index (χ2n) is 6.08. The average Bonchev–Trinajstić information content (AvgIpc) is 3.11. The van der Waals surface area contributed by atoms with Gasteiger partial charge in [0.05, 0.1) is 28.4 Å². The number of hydrogen-bond donors (Lipinski definition) is 1. The summed E-state index contributed by atoms with van der Waals surface area (Å²) in [5, 5.41) is 7.03. The number of benzene rings is 1. The highest BCUT2D eigenvalue weighted by Crippen LogP contribution is 2.35. The molecule has 2 aromatic heterocycles. The van der Waals surface area contributed by atoms with Crippen LogP contribution in [-0.4, -0.2) is 33.2 Å². The van der Waals surface area contributed by atoms with Crippen LogP contribution in [0.25, 0.3) is 11.6 Å². The Bertz CT molecular complexity index is 1230. The van der Waals surface area contributed by atoms with Crippen LogP contribution in [0, 0.1) is 0 Å². The van der Waals surface area contributed by atoms with Crippen LogP contribution in [0.15, 0.2) is 47.2 Å². The molecule has 0 fully saturated rings. The fraction of sp³-hybridized carbons (Fsp3) is 0.100. The van der Waals surface area contributed by atoms with E-state index in [0.717, 1.165) is 0 Å². The maximum Gasteiger partial charge on any atom is 0.333 e. The summed E-state index contributed by atoms with van der Waals surface area (Å²) in [6.45, 7) is 1.65. The number of hydrogen-bond acceptors (Lipinski definition) is 5. The van der Waals surface area contributed by atoms with E-state index in [2.05, 4.69) is 31.3 Å². The molecule has 0 aliphatic carbocycles. The number of amides is 1. The number of nitrogens with one attached hydrogen (secondary N) is 1. The molecule has 0 bridgehead atoms. The number of esters is 1. The molecular formula is C20H13BrCl3FN4O3. The lowest BCUT2D eigenvalue weighted by Gasteiger charge is -2.13. The quantitative estimate of drug-likeness (QED) is 0.289. The van der Waals surface area contributed by atoms with Gasteiger partial charge < -0.3 is 10.1 Å². The highest BCUT2D eigenvalue weighted by Gasteiger charge is 2.22. The van der Waals surface area contributed by atoms with E-state index in [1.54, 1.807) is 19.1 Å². The molecule has 0 atom stereocenters. The largest absolute Gasteiger partial charge is 0.463 e. The molecule has 0 spiro atoms. The molecule has 7 nitrogen and oxygen atoms in total. The summed E-state index contributed by atoms with van der Waals surface area (Å²) in [5.41, 5.74) is -0.274. The lowest BCUT2D eigenvalue weighted by Crippen LogP contribution is -2.18. The summed E-state index contributed by atoms with van der Waals surface area (Å²) in [6.07, 6.45) is 2.12. The third kappa shape index (κ3) is 5.47. The number of aromatic nitrogens is 3. The van der Waals surface area contributed by atoms with Gasteiger partial charge >= 0.3 is 5.97 Å². The van der Waals surface area contributed by atoms with Crippen molar-refractivity contribution in [2.24, 2.45) is 0 Å². The van der Waals surface area contributed by atoms with Gasteiger partial charge in [0.15, 0.2) is 5.82 Å². The molecule has 0 radical (unpaired) electrons. The van der Waals surface area contributed by atoms with E-state index in [4.69, 9.17) is 39.5 Å². The van der Waals surface area contributed by atoms with E-state index in [-0.39, 0.29) is 44.4 Å². The van der Waals surface area contributed by atoms with Gasteiger partial charge in [0, 0.05) is 22.8 Å². The zero-order chi connectivity index (χ0) is 23.4. The van der Waals surface area contributed by atoms with Crippen molar-refractivity contribution in [1.29, 1.82) is 0 Å². The third-order valence-electron chi connectivity index (χ3n) is 3.93. The molecule has 0 aliphatic rings. The third-order valence-corrected chi connectivity index (χ3v) is 5.13. The van der Waals surface area contributed by atoms with Crippen LogP contribution >= 0.6 is 50.7 Å². The second-order valence-corrected chi connectivity index (χ2v) is 8.14. The molecule has 166 valence electrons. The monoisotopic (exact) mass is 560 g/mol. The van der Waals surface area contributed by atoms with Gasteiger partial charge in [0.25, 0.3) is 5.91 Å². The summed E-state index contributed by atoms with van der Waals surface area (Å²) < 4.78 is 21.1. The van der Waals surface area contributed by atoms with Gasteiger partial charge in [-0.15, -0.1) is 0 Å². The van der Waals surface area contributed by atoms with Crippen LogP contribution in [0.1, 0.15) is 23.0 Å². The van der Waals surface area contributed by atoms with Crippen molar-refractivity contribution in [3.63, 3.8) is 0 Å². The van der Waals surface area contributed by atoms with Crippen LogP contribution in [-0.2, 0) is 9.53 Å². The van der Waals surface area contributed by atoms with E-state index >= 15 is 0 Å². The first-order chi connectivity index (χ1) is 15.2. The maximum absolute atomic E-state index is 14.8. The van der Waals surface area contributed by atoms with Crippen LogP contribution in [0.2, 0.25) is 15.1 Å². The Kier molecular flexibility index (Phi) is 7.89. The van der Waals surface area contributed by atoms with Gasteiger partial charge in [0.1, 0.15) is 16.1 Å². The molecule has 2 heterocycles. The minimum Gasteiger partial charge on any atom is -0.463 e. The van der Waals surface area contributed by atoms with Gasteiger partial charge in [0.2, 0.25) is 0 Å². The Morgan fingerprint density at radius 1 is 1.25 bits per heavy atom. The Morgan fingerprint density at radius 3 is 2.69 bits per heavy atom. The first kappa shape index (κ1) is 24.2. The first-order valence-corrected chi connectivity index (χ1v) is 10.8. The molecule has 32 heavy (non-hydrogen) atoms. The van der Waals surface area contributed by atoms with Gasteiger partial charge in [-0.1, -0.05) is 34.8 Å². The van der Waals surface area contributed by atoms with E-state index in [9.17, 15) is 14.0 Å². The molecule has 1 aromatic carbocycles. The van der Waals surface area contributed by atoms with Crippen molar-refractivity contribution < 1.29 is 18.7 Å². The number of anilines is 1. The minimum atomic E-state index is -0.995. The molecule has 12 heteroatoms. The van der Waals surface area contributed by atoms with Gasteiger partial charge in [-0.25, -0.2) is 18.9 Å². The molecule has 1 N–H and O–H groups in total. The number of halogens is 5. The average molecular weight is 563 g/mol. The number of rotatable bonds is 6. The first-order valence-electron chi connectivity index (χ1n) is 8.92. The van der Waals surface area contributed by atoms with E-state index in [1.165, 1.54) is 29.1 Å². The lowest BCUT2D eigenvalue weighted by molar-refractivity contribution is -0.137. The van der Waals surface area contributed by atoms with Crippen LogP contribution in [0.5, 0.6) is 0 Å². The second kappa shape index (κ2) is 10.4. The van der Waals surface area contributed by atoms with Crippen molar-refractivity contribution >= 4 is 74.1 Å². The minimum absolute atomic E-state index is 0.0317. The summed E-state index contributed by atoms with van der Waals surface area (Å²) in [4.78, 5) is 28.9. The van der Waals surface area contributed by atoms with Gasteiger partial charge in [-0.05, 0) is 47.1 Å². The number of carbonyl (C=O) groups excluding carboxylic acids is 2. The summed E-state index contributed by atoms with van der Waals surface area (Å²) in [6, 6.07) is 7.18. The Balaban J connectivity index is 2.03. The van der Waals surface area contributed by atoms with Crippen molar-refractivity contribution in [3.05, 3.63) is 73.5 Å². The Labute approximate surface area is 205 Å². The van der Waals surface area contributed by atoms with Gasteiger partial charge in [-0.3, -0.25) is 4.79 Å². The Hall–Kier alpha value is -2.46. The number of carbonyl (C=O) groups is 2. The summed E-state index contributed by atoms with van der Waals surface area (Å²) >= 11 is 21.6. The zero-order valence-corrected chi connectivity index (χ0v) is 20.1. The SMILES string of the molecule is CCOC(=O)/C=C(/F)c1cc(Cl)cc(Cl)c1NC(=O)c1cc(Br)nn1-c1ncccc1Cl. The molecule has 0 unspecified atom stereocenters. The van der Waals surface area contributed by atoms with Gasteiger partial charge in [-0.2, -0.15) is 5.10 Å². The van der Waals surface area contributed by atoms with Crippen molar-refractivity contribution in [2.75, 3.05) is 11.9 Å². The molecule has 3 rings (SSSR count). The van der Waals surface area contributed by atoms with Crippen LogP contribution in [0.4, 0.5) is 10.1 Å². The summed E-state index contributed by atoms with van der Waals surface area (Å²) in [5.74, 6) is -2.38. The topological polar surface area (TPSA) is 86.1 Å². The fourth-order valence-electron chi connectivity index (χ4n) is 2.64. The lowest BCUT2D eigenvalue weighted by atomic mass is 10.1. The highest BCUT2D eigenvalue weighted by atomic mass is 79.9. The molecule has 0 saturated carbocycles. The van der Waals surface area contributed by atoms with Crippen molar-refractivity contribution in [1.82, 2.24) is 14.8 Å². The molecular weight excluding hydrogens is 550 g/mol. The normalized spacial score (nSPS) is 11.4. The fourth-order valence-corrected chi connectivity index (χ4v) is 3.76. The predicted octanol–water partition coefficient (Wildman–Crippen LogP) is 6.12. The standard InChI is InChI=1S/C20H13BrCl3FN4O3/c1-2-32-17(30)8-14(25)11-6-10(22)7-13(24)18(11)27-20(31)15-9-16(21)28-29(15)19-12(23)4-3-5-26-19/h3-9H,2H2,1H3,(H,27,31)/b14-8+. The van der Waals surface area contributed by atoms with Crippen LogP contribution in [0.3, 0.4) is 0 Å². The number of pyridine rings is 1. The maximum atomic E-state index is 14.8. The van der Waals surface area contributed by atoms with Crippen LogP contribution < -0.4 is 5.32 Å². The van der Waals surface area contributed by atoms with E-state index in [1.807, 2.05) is 0 Å².